The minimum atomic E-state index is -3.74. The fourth-order valence-electron chi connectivity index (χ4n) is 1.29. The lowest BCUT2D eigenvalue weighted by molar-refractivity contribution is 0.0691. The predicted molar refractivity (Wildman–Crippen MR) is 60.4 cm³/mol. The predicted octanol–water partition coefficient (Wildman–Crippen LogP) is -0.0855. The van der Waals surface area contributed by atoms with Crippen molar-refractivity contribution in [1.29, 1.82) is 0 Å². The Kier molecular flexibility index (Phi) is 3.17. The molecule has 18 heavy (non-hydrogen) atoms. The number of aromatic nitrogens is 3. The fourth-order valence-corrected chi connectivity index (χ4v) is 2.29. The lowest BCUT2D eigenvalue weighted by atomic mass is 10.4. The summed E-state index contributed by atoms with van der Waals surface area (Å²) in [5, 5.41) is 8.68. The van der Waals surface area contributed by atoms with E-state index in [-0.39, 0.29) is 17.1 Å². The van der Waals surface area contributed by atoms with Crippen LogP contribution in [0.2, 0.25) is 0 Å². The fraction of sp³-hybridized carbons (Fsp3) is 0.111. The molecular formula is C9H10N4O4S. The number of nitrogens with one attached hydrogen (secondary N) is 3. The summed E-state index contributed by atoms with van der Waals surface area (Å²) in [5.74, 6) is -1.22. The lowest BCUT2D eigenvalue weighted by Crippen LogP contribution is -2.23. The summed E-state index contributed by atoms with van der Waals surface area (Å²) < 4.78 is 25.9. The van der Waals surface area contributed by atoms with Crippen molar-refractivity contribution in [2.45, 2.75) is 11.4 Å². The van der Waals surface area contributed by atoms with E-state index in [1.54, 1.807) is 0 Å². The van der Waals surface area contributed by atoms with Crippen LogP contribution in [-0.2, 0) is 16.6 Å². The van der Waals surface area contributed by atoms with Crippen LogP contribution >= 0.6 is 0 Å². The molecule has 0 aliphatic heterocycles. The Morgan fingerprint density at radius 1 is 1.44 bits per heavy atom. The summed E-state index contributed by atoms with van der Waals surface area (Å²) in [5.41, 5.74) is 0.421. The van der Waals surface area contributed by atoms with Gasteiger partial charge in [-0.15, -0.1) is 0 Å². The maximum absolute atomic E-state index is 11.8. The molecule has 0 saturated carbocycles. The Morgan fingerprint density at radius 2 is 2.22 bits per heavy atom. The molecule has 4 N–H and O–H groups in total. The molecule has 96 valence electrons. The van der Waals surface area contributed by atoms with Crippen molar-refractivity contribution >= 4 is 16.0 Å². The molecule has 0 saturated heterocycles. The van der Waals surface area contributed by atoms with Gasteiger partial charge in [0.05, 0.1) is 12.9 Å². The number of hydrogen-bond donors (Lipinski definition) is 4. The second-order valence-electron chi connectivity index (χ2n) is 3.46. The first-order valence-corrected chi connectivity index (χ1v) is 6.36. The molecule has 2 aromatic heterocycles. The van der Waals surface area contributed by atoms with Crippen LogP contribution in [0.5, 0.6) is 0 Å². The Hall–Kier alpha value is -2.13. The van der Waals surface area contributed by atoms with Crippen LogP contribution < -0.4 is 4.72 Å². The van der Waals surface area contributed by atoms with Crippen molar-refractivity contribution in [1.82, 2.24) is 19.7 Å². The first kappa shape index (κ1) is 12.3. The standard InChI is InChI=1S/C9H10N4O4S/c14-9(15)8-1-7(4-11-8)18(16,17)13-3-6-2-10-5-12-6/h1-2,4-5,11,13H,3H2,(H,10,12)(H,14,15). The molecule has 0 aliphatic carbocycles. The molecule has 0 radical (unpaired) electrons. The maximum atomic E-state index is 11.8. The van der Waals surface area contributed by atoms with Gasteiger partial charge < -0.3 is 15.1 Å². The quantitative estimate of drug-likeness (QED) is 0.604. The summed E-state index contributed by atoms with van der Waals surface area (Å²) >= 11 is 0. The lowest BCUT2D eigenvalue weighted by Gasteiger charge is -2.02. The molecule has 8 nitrogen and oxygen atoms in total. The van der Waals surface area contributed by atoms with E-state index in [2.05, 4.69) is 19.7 Å². The van der Waals surface area contributed by atoms with Gasteiger partial charge in [-0.05, 0) is 6.07 Å². The zero-order valence-corrected chi connectivity index (χ0v) is 9.86. The van der Waals surface area contributed by atoms with Gasteiger partial charge in [0, 0.05) is 18.1 Å². The monoisotopic (exact) mass is 270 g/mol. The third kappa shape index (κ3) is 2.57. The highest BCUT2D eigenvalue weighted by Crippen LogP contribution is 2.11. The molecule has 0 atom stereocenters. The van der Waals surface area contributed by atoms with E-state index in [4.69, 9.17) is 5.11 Å². The average Bonchev–Trinajstić information content (AvgIpc) is 2.98. The van der Waals surface area contributed by atoms with Gasteiger partial charge in [-0.25, -0.2) is 22.9 Å². The van der Waals surface area contributed by atoms with Gasteiger partial charge in [0.2, 0.25) is 10.0 Å². The summed E-state index contributed by atoms with van der Waals surface area (Å²) in [6.07, 6.45) is 4.05. The van der Waals surface area contributed by atoms with Gasteiger partial charge in [-0.2, -0.15) is 0 Å². The number of carboxylic acids is 1. The molecule has 0 unspecified atom stereocenters. The largest absolute Gasteiger partial charge is 0.477 e. The van der Waals surface area contributed by atoms with Crippen LogP contribution in [0.25, 0.3) is 0 Å². The van der Waals surface area contributed by atoms with Gasteiger partial charge in [0.1, 0.15) is 10.6 Å². The zero-order valence-electron chi connectivity index (χ0n) is 9.04. The van der Waals surface area contributed by atoms with Gasteiger partial charge in [0.15, 0.2) is 0 Å². The second kappa shape index (κ2) is 4.63. The number of aromatic amines is 2. The van der Waals surface area contributed by atoms with E-state index in [1.165, 1.54) is 12.5 Å². The van der Waals surface area contributed by atoms with E-state index < -0.39 is 16.0 Å². The highest BCUT2D eigenvalue weighted by molar-refractivity contribution is 7.89. The van der Waals surface area contributed by atoms with Crippen LogP contribution in [0.15, 0.2) is 29.7 Å². The van der Waals surface area contributed by atoms with Crippen molar-refractivity contribution in [3.8, 4) is 0 Å². The van der Waals surface area contributed by atoms with Crippen molar-refractivity contribution in [3.63, 3.8) is 0 Å². The number of sulfonamides is 1. The number of aromatic carboxylic acids is 1. The minimum Gasteiger partial charge on any atom is -0.477 e. The molecule has 0 aliphatic rings. The number of imidazole rings is 1. The number of rotatable bonds is 5. The molecule has 2 aromatic rings. The molecule has 2 rings (SSSR count). The summed E-state index contributed by atoms with van der Waals surface area (Å²) in [7, 11) is -3.74. The van der Waals surface area contributed by atoms with E-state index in [0.29, 0.717) is 5.69 Å². The zero-order chi connectivity index (χ0) is 13.2. The number of nitrogens with zero attached hydrogens (tertiary/aromatic N) is 1. The summed E-state index contributed by atoms with van der Waals surface area (Å²) in [4.78, 5) is 19.4. The molecule has 2 heterocycles. The number of H-pyrrole nitrogens is 2. The van der Waals surface area contributed by atoms with Gasteiger partial charge in [-0.3, -0.25) is 0 Å². The molecule has 0 bridgehead atoms. The van der Waals surface area contributed by atoms with E-state index in [1.807, 2.05) is 0 Å². The van der Waals surface area contributed by atoms with Crippen molar-refractivity contribution in [3.05, 3.63) is 36.2 Å². The molecule has 0 fully saturated rings. The first-order valence-electron chi connectivity index (χ1n) is 4.87. The Balaban J connectivity index is 2.12. The summed E-state index contributed by atoms with van der Waals surface area (Å²) in [6, 6.07) is 1.05. The SMILES string of the molecule is O=C(O)c1cc(S(=O)(=O)NCc2cnc[nH]2)c[nH]1. The highest BCUT2D eigenvalue weighted by Gasteiger charge is 2.17. The van der Waals surface area contributed by atoms with Gasteiger partial charge in [-0.1, -0.05) is 0 Å². The Labute approximate surface area is 102 Å². The molecular weight excluding hydrogens is 260 g/mol. The third-order valence-corrected chi connectivity index (χ3v) is 3.59. The van der Waals surface area contributed by atoms with Crippen LogP contribution in [0.4, 0.5) is 0 Å². The first-order chi connectivity index (χ1) is 8.49. The topological polar surface area (TPSA) is 128 Å². The van der Waals surface area contributed by atoms with Crippen LogP contribution in [0.3, 0.4) is 0 Å². The molecule has 0 aromatic carbocycles. The van der Waals surface area contributed by atoms with Crippen molar-refractivity contribution < 1.29 is 18.3 Å². The Morgan fingerprint density at radius 3 is 2.78 bits per heavy atom. The Bertz CT molecular complexity index is 644. The smallest absolute Gasteiger partial charge is 0.352 e. The van der Waals surface area contributed by atoms with Crippen LogP contribution in [-0.4, -0.2) is 34.4 Å². The van der Waals surface area contributed by atoms with Gasteiger partial charge in [0.25, 0.3) is 0 Å². The van der Waals surface area contributed by atoms with Crippen LogP contribution in [0, 0.1) is 0 Å². The average molecular weight is 270 g/mol. The minimum absolute atomic E-state index is 0.0515. The maximum Gasteiger partial charge on any atom is 0.352 e. The highest BCUT2D eigenvalue weighted by atomic mass is 32.2. The molecule has 9 heteroatoms. The number of hydrogen-bond acceptors (Lipinski definition) is 4. The van der Waals surface area contributed by atoms with Crippen molar-refractivity contribution in [2.75, 3.05) is 0 Å². The number of carbonyl (C=O) groups is 1. The number of carboxylic acid groups (broad SMARTS) is 1. The normalized spacial score (nSPS) is 11.6. The van der Waals surface area contributed by atoms with Crippen LogP contribution in [0.1, 0.15) is 16.2 Å². The molecule has 0 amide bonds. The van der Waals surface area contributed by atoms with E-state index in [0.717, 1.165) is 12.3 Å². The van der Waals surface area contributed by atoms with E-state index in [9.17, 15) is 13.2 Å². The summed E-state index contributed by atoms with van der Waals surface area (Å²) in [6.45, 7) is 0.0515. The van der Waals surface area contributed by atoms with E-state index >= 15 is 0 Å². The molecule has 0 spiro atoms. The van der Waals surface area contributed by atoms with Gasteiger partial charge >= 0.3 is 5.97 Å². The van der Waals surface area contributed by atoms with Crippen molar-refractivity contribution in [2.24, 2.45) is 0 Å². The third-order valence-electron chi connectivity index (χ3n) is 2.20. The second-order valence-corrected chi connectivity index (χ2v) is 5.22.